The number of carboxylic acid groups (broad SMARTS) is 1. The molecule has 0 saturated carbocycles. The highest BCUT2D eigenvalue weighted by Crippen LogP contribution is 2.19. The molecule has 0 saturated heterocycles. The van der Waals surface area contributed by atoms with Gasteiger partial charge in [-0.25, -0.2) is 0 Å². The molecule has 1 heterocycles. The fourth-order valence-electron chi connectivity index (χ4n) is 2.14. The van der Waals surface area contributed by atoms with Gasteiger partial charge < -0.3 is 14.9 Å². The van der Waals surface area contributed by atoms with E-state index in [2.05, 4.69) is 15.5 Å². The molecule has 1 aromatic heterocycles. The predicted octanol–water partition coefficient (Wildman–Crippen LogP) is 2.60. The topological polar surface area (TPSA) is 105 Å². The lowest BCUT2D eigenvalue weighted by Crippen LogP contribution is -2.27. The molecule has 0 radical (unpaired) electrons. The SMILES string of the molecule is CC(CNC(=O)CCCCC(=O)O)c1nc(-c2ccccc2)no1. The zero-order valence-corrected chi connectivity index (χ0v) is 13.6. The molecule has 7 nitrogen and oxygen atoms in total. The van der Waals surface area contributed by atoms with Crippen LogP contribution >= 0.6 is 0 Å². The average molecular weight is 331 g/mol. The largest absolute Gasteiger partial charge is 0.481 e. The third-order valence-corrected chi connectivity index (χ3v) is 3.55. The number of carboxylic acids is 1. The highest BCUT2D eigenvalue weighted by atomic mass is 16.5. The van der Waals surface area contributed by atoms with Crippen LogP contribution in [0.15, 0.2) is 34.9 Å². The molecule has 0 aliphatic rings. The van der Waals surface area contributed by atoms with Gasteiger partial charge in [0.1, 0.15) is 0 Å². The molecule has 0 spiro atoms. The number of nitrogens with zero attached hydrogens (tertiary/aromatic N) is 2. The lowest BCUT2D eigenvalue weighted by Gasteiger charge is -2.08. The van der Waals surface area contributed by atoms with Crippen molar-refractivity contribution in [3.8, 4) is 11.4 Å². The molecular weight excluding hydrogens is 310 g/mol. The van der Waals surface area contributed by atoms with Gasteiger partial charge in [-0.2, -0.15) is 4.98 Å². The molecule has 2 N–H and O–H groups in total. The van der Waals surface area contributed by atoms with Gasteiger partial charge in [0.15, 0.2) is 0 Å². The van der Waals surface area contributed by atoms with Crippen LogP contribution in [0.4, 0.5) is 0 Å². The smallest absolute Gasteiger partial charge is 0.303 e. The summed E-state index contributed by atoms with van der Waals surface area (Å²) in [7, 11) is 0. The van der Waals surface area contributed by atoms with Gasteiger partial charge in [0, 0.05) is 24.9 Å². The highest BCUT2D eigenvalue weighted by molar-refractivity contribution is 5.76. The lowest BCUT2D eigenvalue weighted by atomic mass is 10.1. The maximum Gasteiger partial charge on any atom is 0.303 e. The fraction of sp³-hybridized carbons (Fsp3) is 0.412. The average Bonchev–Trinajstić information content (AvgIpc) is 3.07. The number of unbranched alkanes of at least 4 members (excludes halogenated alkanes) is 1. The number of amides is 1. The Hall–Kier alpha value is -2.70. The molecule has 1 atom stereocenters. The van der Waals surface area contributed by atoms with E-state index in [1.54, 1.807) is 0 Å². The van der Waals surface area contributed by atoms with Crippen LogP contribution in [0.2, 0.25) is 0 Å². The molecule has 24 heavy (non-hydrogen) atoms. The summed E-state index contributed by atoms with van der Waals surface area (Å²) >= 11 is 0. The molecule has 0 aliphatic carbocycles. The number of rotatable bonds is 9. The van der Waals surface area contributed by atoms with Crippen LogP contribution in [-0.2, 0) is 9.59 Å². The Balaban J connectivity index is 1.76. The quantitative estimate of drug-likeness (QED) is 0.684. The number of aromatic nitrogens is 2. The number of aliphatic carboxylic acids is 1. The van der Waals surface area contributed by atoms with E-state index in [0.717, 1.165) is 5.56 Å². The second-order valence-corrected chi connectivity index (χ2v) is 5.63. The Kier molecular flexibility index (Phi) is 6.48. The highest BCUT2D eigenvalue weighted by Gasteiger charge is 2.16. The maximum atomic E-state index is 11.7. The normalized spacial score (nSPS) is 11.9. The first-order chi connectivity index (χ1) is 11.6. The first-order valence-electron chi connectivity index (χ1n) is 7.93. The van der Waals surface area contributed by atoms with Gasteiger partial charge in [0.25, 0.3) is 0 Å². The van der Waals surface area contributed by atoms with Crippen LogP contribution in [0.25, 0.3) is 11.4 Å². The Morgan fingerprint density at radius 1 is 1.21 bits per heavy atom. The molecule has 2 rings (SSSR count). The van der Waals surface area contributed by atoms with Gasteiger partial charge in [0.05, 0.1) is 5.92 Å². The summed E-state index contributed by atoms with van der Waals surface area (Å²) in [5.74, 6) is -0.0416. The van der Waals surface area contributed by atoms with Crippen molar-refractivity contribution in [1.29, 1.82) is 0 Å². The van der Waals surface area contributed by atoms with E-state index in [9.17, 15) is 9.59 Å². The van der Waals surface area contributed by atoms with E-state index >= 15 is 0 Å². The molecule has 0 aliphatic heterocycles. The van der Waals surface area contributed by atoms with Crippen molar-refractivity contribution in [2.24, 2.45) is 0 Å². The summed E-state index contributed by atoms with van der Waals surface area (Å²) in [5, 5.41) is 15.3. The fourth-order valence-corrected chi connectivity index (χ4v) is 2.14. The number of nitrogens with one attached hydrogen (secondary N) is 1. The molecule has 7 heteroatoms. The van der Waals surface area contributed by atoms with E-state index in [-0.39, 0.29) is 18.2 Å². The summed E-state index contributed by atoms with van der Waals surface area (Å²) in [6, 6.07) is 9.52. The van der Waals surface area contributed by atoms with Crippen molar-refractivity contribution in [2.75, 3.05) is 6.54 Å². The number of hydrogen-bond donors (Lipinski definition) is 2. The van der Waals surface area contributed by atoms with E-state index in [4.69, 9.17) is 9.63 Å². The summed E-state index contributed by atoms with van der Waals surface area (Å²) in [6.45, 7) is 2.29. The van der Waals surface area contributed by atoms with E-state index < -0.39 is 5.97 Å². The van der Waals surface area contributed by atoms with Crippen molar-refractivity contribution in [2.45, 2.75) is 38.5 Å². The third-order valence-electron chi connectivity index (χ3n) is 3.55. The Labute approximate surface area is 140 Å². The van der Waals surface area contributed by atoms with E-state index in [0.29, 0.717) is 37.5 Å². The van der Waals surface area contributed by atoms with Crippen molar-refractivity contribution in [3.63, 3.8) is 0 Å². The third kappa shape index (κ3) is 5.49. The van der Waals surface area contributed by atoms with Crippen molar-refractivity contribution in [1.82, 2.24) is 15.5 Å². The van der Waals surface area contributed by atoms with Gasteiger partial charge in [0.2, 0.25) is 17.6 Å². The lowest BCUT2D eigenvalue weighted by molar-refractivity contribution is -0.137. The summed E-state index contributed by atoms with van der Waals surface area (Å²) in [5.41, 5.74) is 0.877. The van der Waals surface area contributed by atoms with Crippen LogP contribution in [0.1, 0.15) is 44.4 Å². The van der Waals surface area contributed by atoms with Gasteiger partial charge in [-0.05, 0) is 12.8 Å². The van der Waals surface area contributed by atoms with Crippen molar-refractivity contribution < 1.29 is 19.2 Å². The number of benzene rings is 1. The minimum atomic E-state index is -0.838. The van der Waals surface area contributed by atoms with Crippen LogP contribution in [-0.4, -0.2) is 33.7 Å². The second-order valence-electron chi connectivity index (χ2n) is 5.63. The molecule has 128 valence electrons. The molecule has 1 amide bonds. The van der Waals surface area contributed by atoms with Gasteiger partial charge in [-0.1, -0.05) is 42.4 Å². The summed E-state index contributed by atoms with van der Waals surface area (Å²) in [6.07, 6.45) is 1.47. The summed E-state index contributed by atoms with van der Waals surface area (Å²) < 4.78 is 5.26. The molecule has 0 bridgehead atoms. The van der Waals surface area contributed by atoms with Gasteiger partial charge in [-0.15, -0.1) is 0 Å². The predicted molar refractivity (Wildman–Crippen MR) is 87.3 cm³/mol. The van der Waals surface area contributed by atoms with Crippen molar-refractivity contribution in [3.05, 3.63) is 36.2 Å². The Morgan fingerprint density at radius 3 is 2.62 bits per heavy atom. The number of carbonyl (C=O) groups excluding carboxylic acids is 1. The maximum absolute atomic E-state index is 11.7. The van der Waals surface area contributed by atoms with Crippen LogP contribution in [0, 0.1) is 0 Å². The zero-order chi connectivity index (χ0) is 17.4. The van der Waals surface area contributed by atoms with Crippen LogP contribution in [0.3, 0.4) is 0 Å². The molecule has 1 unspecified atom stereocenters. The van der Waals surface area contributed by atoms with Crippen LogP contribution < -0.4 is 5.32 Å². The Morgan fingerprint density at radius 2 is 1.92 bits per heavy atom. The van der Waals surface area contributed by atoms with E-state index in [1.807, 2.05) is 37.3 Å². The van der Waals surface area contributed by atoms with E-state index in [1.165, 1.54) is 0 Å². The number of hydrogen-bond acceptors (Lipinski definition) is 5. The number of carbonyl (C=O) groups is 2. The van der Waals surface area contributed by atoms with Crippen molar-refractivity contribution >= 4 is 11.9 Å². The minimum Gasteiger partial charge on any atom is -0.481 e. The second kappa shape index (κ2) is 8.81. The zero-order valence-electron chi connectivity index (χ0n) is 13.6. The molecule has 2 aromatic rings. The molecular formula is C17H21N3O4. The standard InChI is InChI=1S/C17H21N3O4/c1-12(11-18-14(21)9-5-6-10-15(22)23)17-19-16(20-24-17)13-7-3-2-4-8-13/h2-4,7-8,12H,5-6,9-11H2,1H3,(H,18,21)(H,22,23). The first kappa shape index (κ1) is 17.7. The Bertz CT molecular complexity index is 669. The first-order valence-corrected chi connectivity index (χ1v) is 7.93. The minimum absolute atomic E-state index is 0.0912. The van der Waals surface area contributed by atoms with Gasteiger partial charge >= 0.3 is 5.97 Å². The molecule has 1 aromatic carbocycles. The monoisotopic (exact) mass is 331 g/mol. The van der Waals surface area contributed by atoms with Gasteiger partial charge in [-0.3, -0.25) is 9.59 Å². The molecule has 0 fully saturated rings. The van der Waals surface area contributed by atoms with Crippen LogP contribution in [0.5, 0.6) is 0 Å². The summed E-state index contributed by atoms with van der Waals surface area (Å²) in [4.78, 5) is 26.5.